The fourth-order valence-corrected chi connectivity index (χ4v) is 5.34. The lowest BCUT2D eigenvalue weighted by Gasteiger charge is -2.26. The minimum atomic E-state index is -3.98. The minimum Gasteiger partial charge on any atom is -0.354 e. The molecule has 2 atom stereocenters. The first kappa shape index (κ1) is 22.5. The second kappa shape index (κ2) is 9.64. The maximum atomic E-state index is 12.9. The molecule has 0 saturated carbocycles. The topological polar surface area (TPSA) is 122 Å². The summed E-state index contributed by atoms with van der Waals surface area (Å²) in [6, 6.07) is 4.17. The highest BCUT2D eigenvalue weighted by Gasteiger charge is 2.39. The third kappa shape index (κ3) is 4.99. The molecular formula is C17H25ClN4O5S. The van der Waals surface area contributed by atoms with Gasteiger partial charge in [0, 0.05) is 25.2 Å². The Labute approximate surface area is 170 Å². The van der Waals surface area contributed by atoms with E-state index in [2.05, 4.69) is 10.6 Å². The van der Waals surface area contributed by atoms with Crippen LogP contribution in [-0.2, 0) is 14.8 Å². The first-order chi connectivity index (χ1) is 12.9. The lowest BCUT2D eigenvalue weighted by atomic mass is 9.99. The summed E-state index contributed by atoms with van der Waals surface area (Å²) < 4.78 is 27.1. The Morgan fingerprint density at radius 3 is 2.79 bits per heavy atom. The van der Waals surface area contributed by atoms with Gasteiger partial charge in [-0.15, -0.1) is 12.4 Å². The number of piperidine rings is 1. The fourth-order valence-electron chi connectivity index (χ4n) is 3.64. The van der Waals surface area contributed by atoms with Crippen molar-refractivity contribution in [2.75, 3.05) is 26.2 Å². The molecule has 1 aromatic carbocycles. The zero-order chi connectivity index (χ0) is 19.4. The van der Waals surface area contributed by atoms with Crippen LogP contribution in [0.3, 0.4) is 0 Å². The van der Waals surface area contributed by atoms with E-state index in [1.165, 1.54) is 22.5 Å². The molecule has 2 saturated heterocycles. The lowest BCUT2D eigenvalue weighted by molar-refractivity contribution is -0.385. The number of rotatable bonds is 6. The van der Waals surface area contributed by atoms with Crippen molar-refractivity contribution in [1.29, 1.82) is 0 Å². The molecule has 2 N–H and O–H groups in total. The average Bonchev–Trinajstić information content (AvgIpc) is 3.18. The van der Waals surface area contributed by atoms with Gasteiger partial charge >= 0.3 is 0 Å². The first-order valence-electron chi connectivity index (χ1n) is 9.14. The standard InChI is InChI=1S/C17H24N4O5S.ClH/c22-17(19-12-13-4-2-8-18-11-13)16-7-3-9-20(16)27(25,26)15-6-1-5-14(10-15)21(23)24;/h1,5-6,10,13,16,18H,2-4,7-9,11-12H2,(H,19,22);1H. The Morgan fingerprint density at radius 2 is 2.11 bits per heavy atom. The van der Waals surface area contributed by atoms with Crippen molar-refractivity contribution in [3.05, 3.63) is 34.4 Å². The van der Waals surface area contributed by atoms with Gasteiger partial charge in [-0.05, 0) is 50.8 Å². The molecule has 28 heavy (non-hydrogen) atoms. The van der Waals surface area contributed by atoms with E-state index < -0.39 is 21.0 Å². The molecule has 2 fully saturated rings. The summed E-state index contributed by atoms with van der Waals surface area (Å²) in [5, 5.41) is 17.1. The number of amides is 1. The largest absolute Gasteiger partial charge is 0.354 e. The van der Waals surface area contributed by atoms with Crippen molar-refractivity contribution in [3.63, 3.8) is 0 Å². The van der Waals surface area contributed by atoms with E-state index in [9.17, 15) is 23.3 Å². The molecular weight excluding hydrogens is 408 g/mol. The number of hydrogen-bond donors (Lipinski definition) is 2. The van der Waals surface area contributed by atoms with E-state index in [0.29, 0.717) is 25.3 Å². The Bertz CT molecular complexity index is 814. The van der Waals surface area contributed by atoms with Gasteiger partial charge in [-0.25, -0.2) is 8.42 Å². The summed E-state index contributed by atoms with van der Waals surface area (Å²) in [6.07, 6.45) is 3.13. The SMILES string of the molecule is Cl.O=C(NCC1CCCNC1)C1CCCN1S(=O)(=O)c1cccc([N+](=O)[O-])c1. The van der Waals surface area contributed by atoms with Gasteiger partial charge in [0.2, 0.25) is 15.9 Å². The molecule has 0 aromatic heterocycles. The monoisotopic (exact) mass is 432 g/mol. The highest BCUT2D eigenvalue weighted by atomic mass is 35.5. The van der Waals surface area contributed by atoms with Crippen LogP contribution >= 0.6 is 12.4 Å². The van der Waals surface area contributed by atoms with E-state index in [0.717, 1.165) is 32.0 Å². The third-order valence-electron chi connectivity index (χ3n) is 5.11. The number of nitrogens with one attached hydrogen (secondary N) is 2. The van der Waals surface area contributed by atoms with Crippen molar-refractivity contribution >= 4 is 34.0 Å². The van der Waals surface area contributed by atoms with Gasteiger partial charge < -0.3 is 10.6 Å². The van der Waals surface area contributed by atoms with Crippen molar-refractivity contribution in [2.45, 2.75) is 36.6 Å². The quantitative estimate of drug-likeness (QED) is 0.516. The zero-order valence-electron chi connectivity index (χ0n) is 15.4. The van der Waals surface area contributed by atoms with E-state index in [-0.39, 0.29) is 35.4 Å². The zero-order valence-corrected chi connectivity index (χ0v) is 17.0. The van der Waals surface area contributed by atoms with Crippen LogP contribution in [0.2, 0.25) is 0 Å². The molecule has 1 aromatic rings. The number of benzene rings is 1. The van der Waals surface area contributed by atoms with Gasteiger partial charge in [0.1, 0.15) is 6.04 Å². The van der Waals surface area contributed by atoms with Crippen molar-refractivity contribution in [1.82, 2.24) is 14.9 Å². The second-order valence-electron chi connectivity index (χ2n) is 6.99. The van der Waals surface area contributed by atoms with E-state index >= 15 is 0 Å². The molecule has 2 unspecified atom stereocenters. The van der Waals surface area contributed by atoms with Crippen molar-refractivity contribution in [2.24, 2.45) is 5.92 Å². The Kier molecular flexibility index (Phi) is 7.76. The summed E-state index contributed by atoms with van der Waals surface area (Å²) in [5.41, 5.74) is -0.291. The van der Waals surface area contributed by atoms with Gasteiger partial charge in [0.25, 0.3) is 5.69 Å². The highest BCUT2D eigenvalue weighted by molar-refractivity contribution is 7.89. The summed E-state index contributed by atoms with van der Waals surface area (Å²) in [6.45, 7) is 2.59. The molecule has 11 heteroatoms. The number of nitro benzene ring substituents is 1. The van der Waals surface area contributed by atoms with E-state index in [4.69, 9.17) is 0 Å². The van der Waals surface area contributed by atoms with Gasteiger partial charge in [-0.1, -0.05) is 6.07 Å². The predicted octanol–water partition coefficient (Wildman–Crippen LogP) is 1.29. The number of carbonyl (C=O) groups is 1. The average molecular weight is 433 g/mol. The van der Waals surface area contributed by atoms with Crippen LogP contribution in [0, 0.1) is 16.0 Å². The molecule has 9 nitrogen and oxygen atoms in total. The van der Waals surface area contributed by atoms with Crippen molar-refractivity contribution in [3.8, 4) is 0 Å². The predicted molar refractivity (Wildman–Crippen MR) is 106 cm³/mol. The maximum absolute atomic E-state index is 12.9. The van der Waals surface area contributed by atoms with Crippen LogP contribution in [0.5, 0.6) is 0 Å². The minimum absolute atomic E-state index is 0. The molecule has 2 aliphatic heterocycles. The van der Waals surface area contributed by atoms with Crippen LogP contribution in [0.15, 0.2) is 29.2 Å². The normalized spacial score (nSPS) is 23.0. The third-order valence-corrected chi connectivity index (χ3v) is 7.01. The molecule has 0 bridgehead atoms. The molecule has 3 rings (SSSR count). The van der Waals surface area contributed by atoms with Gasteiger partial charge in [0.05, 0.1) is 9.82 Å². The molecule has 1 amide bonds. The van der Waals surface area contributed by atoms with Gasteiger partial charge in [-0.3, -0.25) is 14.9 Å². The summed E-state index contributed by atoms with van der Waals surface area (Å²) in [5.74, 6) is 0.0537. The van der Waals surface area contributed by atoms with Crippen LogP contribution in [0.4, 0.5) is 5.69 Å². The fraction of sp³-hybridized carbons (Fsp3) is 0.588. The summed E-state index contributed by atoms with van der Waals surface area (Å²) >= 11 is 0. The van der Waals surface area contributed by atoms with Gasteiger partial charge in [0.15, 0.2) is 0 Å². The highest BCUT2D eigenvalue weighted by Crippen LogP contribution is 2.28. The van der Waals surface area contributed by atoms with Crippen LogP contribution in [0.25, 0.3) is 0 Å². The molecule has 0 aliphatic carbocycles. The first-order valence-corrected chi connectivity index (χ1v) is 10.6. The van der Waals surface area contributed by atoms with Crippen LogP contribution in [0.1, 0.15) is 25.7 Å². The maximum Gasteiger partial charge on any atom is 0.270 e. The molecule has 156 valence electrons. The molecule has 2 heterocycles. The molecule has 2 aliphatic rings. The Hall–Kier alpha value is -1.75. The number of halogens is 1. The smallest absolute Gasteiger partial charge is 0.270 e. The number of non-ortho nitro benzene ring substituents is 1. The number of carbonyl (C=O) groups excluding carboxylic acids is 1. The Morgan fingerprint density at radius 1 is 1.32 bits per heavy atom. The number of sulfonamides is 1. The summed E-state index contributed by atoms with van der Waals surface area (Å²) in [7, 11) is -3.98. The Balaban J connectivity index is 0.00000280. The number of hydrogen-bond acceptors (Lipinski definition) is 6. The molecule has 0 spiro atoms. The van der Waals surface area contributed by atoms with Crippen LogP contribution < -0.4 is 10.6 Å². The second-order valence-corrected chi connectivity index (χ2v) is 8.88. The van der Waals surface area contributed by atoms with E-state index in [1.54, 1.807) is 0 Å². The van der Waals surface area contributed by atoms with E-state index in [1.807, 2.05) is 0 Å². The summed E-state index contributed by atoms with van der Waals surface area (Å²) in [4.78, 5) is 22.8. The molecule has 0 radical (unpaired) electrons. The number of nitrogens with zero attached hydrogens (tertiary/aromatic N) is 2. The number of nitro groups is 1. The van der Waals surface area contributed by atoms with Crippen molar-refractivity contribution < 1.29 is 18.1 Å². The van der Waals surface area contributed by atoms with Gasteiger partial charge in [-0.2, -0.15) is 4.31 Å². The lowest BCUT2D eigenvalue weighted by Crippen LogP contribution is -2.48. The van der Waals surface area contributed by atoms with Crippen LogP contribution in [-0.4, -0.2) is 55.8 Å².